The van der Waals surface area contributed by atoms with Crippen LogP contribution in [-0.4, -0.2) is 17.0 Å². The van der Waals surface area contributed by atoms with E-state index in [1.54, 1.807) is 6.07 Å². The first-order valence-corrected chi connectivity index (χ1v) is 4.72. The van der Waals surface area contributed by atoms with Gasteiger partial charge in [-0.05, 0) is 38.1 Å². The van der Waals surface area contributed by atoms with Gasteiger partial charge in [0, 0.05) is 5.56 Å². The number of benzene rings is 1. The SMILES string of the molecule is CC1(C)C=Cc2c(O)cc(C=O)cc2O1. The van der Waals surface area contributed by atoms with Crippen molar-refractivity contribution in [1.29, 1.82) is 0 Å². The second-order valence-electron chi connectivity index (χ2n) is 4.11. The van der Waals surface area contributed by atoms with Crippen LogP contribution < -0.4 is 4.74 Å². The van der Waals surface area contributed by atoms with Gasteiger partial charge < -0.3 is 9.84 Å². The normalized spacial score (nSPS) is 16.7. The van der Waals surface area contributed by atoms with Gasteiger partial charge in [0.15, 0.2) is 0 Å². The molecule has 0 atom stereocenters. The van der Waals surface area contributed by atoms with Gasteiger partial charge in [-0.3, -0.25) is 4.79 Å². The van der Waals surface area contributed by atoms with Crippen molar-refractivity contribution < 1.29 is 14.6 Å². The third-order valence-corrected chi connectivity index (χ3v) is 2.30. The number of hydrogen-bond donors (Lipinski definition) is 1. The maximum atomic E-state index is 10.6. The molecule has 0 saturated heterocycles. The summed E-state index contributed by atoms with van der Waals surface area (Å²) in [6.45, 7) is 3.83. The van der Waals surface area contributed by atoms with E-state index in [0.29, 0.717) is 23.2 Å². The standard InChI is InChI=1S/C12H12O3/c1-12(2)4-3-9-10(14)5-8(7-13)6-11(9)15-12/h3-7,14H,1-2H3. The average molecular weight is 204 g/mol. The lowest BCUT2D eigenvalue weighted by Crippen LogP contribution is -2.27. The summed E-state index contributed by atoms with van der Waals surface area (Å²) in [4.78, 5) is 10.6. The number of aromatic hydroxyl groups is 1. The summed E-state index contributed by atoms with van der Waals surface area (Å²) in [7, 11) is 0. The fourth-order valence-electron chi connectivity index (χ4n) is 1.55. The van der Waals surface area contributed by atoms with E-state index in [1.807, 2.05) is 26.0 Å². The number of ether oxygens (including phenoxy) is 1. The molecule has 0 aliphatic carbocycles. The number of rotatable bonds is 1. The van der Waals surface area contributed by atoms with Gasteiger partial charge in [0.2, 0.25) is 0 Å². The van der Waals surface area contributed by atoms with Gasteiger partial charge in [-0.25, -0.2) is 0 Å². The number of phenols is 1. The number of aldehydes is 1. The Morgan fingerprint density at radius 1 is 1.40 bits per heavy atom. The lowest BCUT2D eigenvalue weighted by atomic mass is 10.0. The third kappa shape index (κ3) is 1.73. The minimum Gasteiger partial charge on any atom is -0.507 e. The van der Waals surface area contributed by atoms with E-state index >= 15 is 0 Å². The van der Waals surface area contributed by atoms with E-state index in [9.17, 15) is 9.90 Å². The molecule has 0 bridgehead atoms. The molecule has 15 heavy (non-hydrogen) atoms. The van der Waals surface area contributed by atoms with E-state index in [4.69, 9.17) is 4.74 Å². The fraction of sp³-hybridized carbons (Fsp3) is 0.250. The van der Waals surface area contributed by atoms with Gasteiger partial charge in [0.05, 0.1) is 5.56 Å². The Bertz CT molecular complexity index is 444. The van der Waals surface area contributed by atoms with E-state index in [-0.39, 0.29) is 5.75 Å². The Kier molecular flexibility index (Phi) is 2.03. The first-order valence-electron chi connectivity index (χ1n) is 4.72. The Morgan fingerprint density at radius 3 is 2.80 bits per heavy atom. The van der Waals surface area contributed by atoms with Crippen LogP contribution in [0.2, 0.25) is 0 Å². The minimum absolute atomic E-state index is 0.0707. The van der Waals surface area contributed by atoms with Crippen molar-refractivity contribution in [3.8, 4) is 11.5 Å². The number of fused-ring (bicyclic) bond motifs is 1. The molecule has 0 spiro atoms. The fourth-order valence-corrected chi connectivity index (χ4v) is 1.55. The second-order valence-corrected chi connectivity index (χ2v) is 4.11. The van der Waals surface area contributed by atoms with Crippen molar-refractivity contribution in [1.82, 2.24) is 0 Å². The Hall–Kier alpha value is -1.77. The van der Waals surface area contributed by atoms with Crippen molar-refractivity contribution in [2.45, 2.75) is 19.4 Å². The zero-order chi connectivity index (χ0) is 11.1. The smallest absolute Gasteiger partial charge is 0.150 e. The molecule has 1 aromatic carbocycles. The van der Waals surface area contributed by atoms with E-state index < -0.39 is 5.60 Å². The molecule has 0 unspecified atom stereocenters. The number of phenolic OH excluding ortho intramolecular Hbond substituents is 1. The summed E-state index contributed by atoms with van der Waals surface area (Å²) in [5.41, 5.74) is 0.637. The summed E-state index contributed by atoms with van der Waals surface area (Å²) in [5.74, 6) is 0.617. The van der Waals surface area contributed by atoms with Gasteiger partial charge in [-0.15, -0.1) is 0 Å². The molecular formula is C12H12O3. The lowest BCUT2D eigenvalue weighted by Gasteiger charge is -2.28. The van der Waals surface area contributed by atoms with Crippen LogP contribution in [0.25, 0.3) is 6.08 Å². The summed E-state index contributed by atoms with van der Waals surface area (Å²) < 4.78 is 5.64. The number of carbonyl (C=O) groups is 1. The van der Waals surface area contributed by atoms with Crippen LogP contribution in [0, 0.1) is 0 Å². The maximum absolute atomic E-state index is 10.6. The van der Waals surface area contributed by atoms with E-state index in [0.717, 1.165) is 0 Å². The summed E-state index contributed by atoms with van der Waals surface area (Å²) >= 11 is 0. The van der Waals surface area contributed by atoms with Gasteiger partial charge in [0.1, 0.15) is 23.4 Å². The van der Waals surface area contributed by atoms with Crippen LogP contribution in [0.3, 0.4) is 0 Å². The summed E-state index contributed by atoms with van der Waals surface area (Å²) in [6, 6.07) is 3.06. The Balaban J connectivity index is 2.57. The minimum atomic E-state index is -0.402. The molecule has 1 heterocycles. The highest BCUT2D eigenvalue weighted by molar-refractivity contribution is 5.80. The van der Waals surface area contributed by atoms with Gasteiger partial charge in [-0.1, -0.05) is 0 Å². The highest BCUT2D eigenvalue weighted by Crippen LogP contribution is 2.36. The summed E-state index contributed by atoms with van der Waals surface area (Å²) in [6.07, 6.45) is 4.37. The zero-order valence-corrected chi connectivity index (χ0v) is 8.65. The molecule has 0 saturated carbocycles. The van der Waals surface area contributed by atoms with Gasteiger partial charge in [-0.2, -0.15) is 0 Å². The van der Waals surface area contributed by atoms with Gasteiger partial charge in [0.25, 0.3) is 0 Å². The molecule has 0 aromatic heterocycles. The van der Waals surface area contributed by atoms with Crippen molar-refractivity contribution in [2.75, 3.05) is 0 Å². The Morgan fingerprint density at radius 2 is 2.13 bits per heavy atom. The number of carbonyl (C=O) groups excluding carboxylic acids is 1. The first kappa shape index (κ1) is 9.77. The van der Waals surface area contributed by atoms with E-state index in [1.165, 1.54) is 6.07 Å². The summed E-state index contributed by atoms with van der Waals surface area (Å²) in [5, 5.41) is 9.65. The van der Waals surface area contributed by atoms with Crippen molar-refractivity contribution in [3.63, 3.8) is 0 Å². The molecule has 2 rings (SSSR count). The Labute approximate surface area is 88.0 Å². The van der Waals surface area contributed by atoms with Crippen LogP contribution in [0.1, 0.15) is 29.8 Å². The number of hydrogen-bond acceptors (Lipinski definition) is 3. The lowest BCUT2D eigenvalue weighted by molar-refractivity contribution is 0.112. The molecule has 3 nitrogen and oxygen atoms in total. The predicted octanol–water partition coefficient (Wildman–Crippen LogP) is 2.39. The molecule has 0 radical (unpaired) electrons. The first-order chi connectivity index (χ1) is 7.02. The molecule has 0 fully saturated rings. The molecule has 0 amide bonds. The largest absolute Gasteiger partial charge is 0.507 e. The maximum Gasteiger partial charge on any atom is 0.150 e. The van der Waals surface area contributed by atoms with Crippen molar-refractivity contribution in [3.05, 3.63) is 29.3 Å². The molecule has 1 aliphatic heterocycles. The second kappa shape index (κ2) is 3.12. The van der Waals surface area contributed by atoms with Crippen LogP contribution in [-0.2, 0) is 0 Å². The topological polar surface area (TPSA) is 46.5 Å². The monoisotopic (exact) mass is 204 g/mol. The average Bonchev–Trinajstić information content (AvgIpc) is 2.15. The van der Waals surface area contributed by atoms with Gasteiger partial charge >= 0.3 is 0 Å². The van der Waals surface area contributed by atoms with Crippen LogP contribution in [0.4, 0.5) is 0 Å². The van der Waals surface area contributed by atoms with Crippen LogP contribution in [0.5, 0.6) is 11.5 Å². The molecule has 78 valence electrons. The van der Waals surface area contributed by atoms with E-state index in [2.05, 4.69) is 0 Å². The highest BCUT2D eigenvalue weighted by atomic mass is 16.5. The van der Waals surface area contributed by atoms with Crippen LogP contribution in [0.15, 0.2) is 18.2 Å². The quantitative estimate of drug-likeness (QED) is 0.714. The zero-order valence-electron chi connectivity index (χ0n) is 8.65. The molecule has 1 aromatic rings. The van der Waals surface area contributed by atoms with Crippen molar-refractivity contribution in [2.24, 2.45) is 0 Å². The molecular weight excluding hydrogens is 192 g/mol. The molecule has 1 N–H and O–H groups in total. The third-order valence-electron chi connectivity index (χ3n) is 2.30. The molecule has 3 heteroatoms. The van der Waals surface area contributed by atoms with Crippen LogP contribution >= 0.6 is 0 Å². The van der Waals surface area contributed by atoms with Crippen molar-refractivity contribution >= 4 is 12.4 Å². The highest BCUT2D eigenvalue weighted by Gasteiger charge is 2.23. The molecule has 1 aliphatic rings. The predicted molar refractivity (Wildman–Crippen MR) is 57.2 cm³/mol.